The van der Waals surface area contributed by atoms with Gasteiger partial charge in [0.2, 0.25) is 0 Å². The Morgan fingerprint density at radius 1 is 1.25 bits per heavy atom. The van der Waals surface area contributed by atoms with E-state index in [4.69, 9.17) is 13.9 Å². The van der Waals surface area contributed by atoms with Crippen molar-refractivity contribution >= 4 is 44.3 Å². The van der Waals surface area contributed by atoms with E-state index in [0.717, 1.165) is 4.47 Å². The number of furan rings is 1. The minimum Gasteiger partial charge on any atom is -0.484 e. The summed E-state index contributed by atoms with van der Waals surface area (Å²) < 4.78 is 16.9. The van der Waals surface area contributed by atoms with Crippen LogP contribution in [-0.2, 0) is 22.6 Å². The fourth-order valence-corrected chi connectivity index (χ4v) is 3.36. The molecule has 0 unspecified atom stereocenters. The van der Waals surface area contributed by atoms with Crippen molar-refractivity contribution in [2.45, 2.75) is 20.0 Å². The molecule has 0 atom stereocenters. The average Bonchev–Trinajstić information content (AvgIpc) is 3.31. The summed E-state index contributed by atoms with van der Waals surface area (Å²) in [5, 5.41) is 4.74. The lowest BCUT2D eigenvalue weighted by atomic mass is 10.3. The van der Waals surface area contributed by atoms with E-state index in [0.29, 0.717) is 28.9 Å². The van der Waals surface area contributed by atoms with Gasteiger partial charge in [-0.3, -0.25) is 14.9 Å². The Labute approximate surface area is 173 Å². The first kappa shape index (κ1) is 20.1. The van der Waals surface area contributed by atoms with E-state index < -0.39 is 5.91 Å². The van der Waals surface area contributed by atoms with Crippen molar-refractivity contribution < 1.29 is 23.5 Å². The number of rotatable bonds is 8. The Balaban J connectivity index is 1.55. The standard InChI is InChI=1S/C19H17BrN2O5S/c1-2-25-17(23)9-12-11-28-19(21-12)22-18(24)16-8-7-13(27-16)10-26-15-6-4-3-5-14(15)20/h3-8,11H,2,9-10H2,1H3,(H,21,22,24). The molecule has 7 nitrogen and oxygen atoms in total. The number of para-hydroxylation sites is 1. The van der Waals surface area contributed by atoms with Gasteiger partial charge in [0.15, 0.2) is 10.9 Å². The number of aromatic nitrogens is 1. The van der Waals surface area contributed by atoms with Crippen LogP contribution in [0.5, 0.6) is 5.75 Å². The van der Waals surface area contributed by atoms with Crippen LogP contribution < -0.4 is 10.1 Å². The Hall–Kier alpha value is -2.65. The SMILES string of the molecule is CCOC(=O)Cc1csc(NC(=O)c2ccc(COc3ccccc3Br)o2)n1. The van der Waals surface area contributed by atoms with E-state index in [1.165, 1.54) is 11.3 Å². The van der Waals surface area contributed by atoms with Crippen LogP contribution in [0.4, 0.5) is 5.13 Å². The third-order valence-corrected chi connectivity index (χ3v) is 4.96. The number of esters is 1. The minimum absolute atomic E-state index is 0.0670. The molecule has 0 aliphatic carbocycles. The Kier molecular flexibility index (Phi) is 6.83. The molecular formula is C19H17BrN2O5S. The molecular weight excluding hydrogens is 448 g/mol. The molecule has 9 heteroatoms. The summed E-state index contributed by atoms with van der Waals surface area (Å²) in [7, 11) is 0. The first-order valence-corrected chi connectivity index (χ1v) is 10.1. The fourth-order valence-electron chi connectivity index (χ4n) is 2.25. The minimum atomic E-state index is -0.427. The number of hydrogen-bond acceptors (Lipinski definition) is 7. The first-order chi connectivity index (χ1) is 13.5. The van der Waals surface area contributed by atoms with Gasteiger partial charge in [0, 0.05) is 5.38 Å². The second kappa shape index (κ2) is 9.52. The normalized spacial score (nSPS) is 10.5. The molecule has 0 saturated heterocycles. The summed E-state index contributed by atoms with van der Waals surface area (Å²) in [4.78, 5) is 28.0. The second-order valence-electron chi connectivity index (χ2n) is 5.56. The maximum atomic E-state index is 12.3. The zero-order valence-electron chi connectivity index (χ0n) is 14.9. The summed E-state index contributed by atoms with van der Waals surface area (Å²) >= 11 is 4.63. The van der Waals surface area contributed by atoms with Crippen molar-refractivity contribution in [1.29, 1.82) is 0 Å². The molecule has 3 rings (SSSR count). The van der Waals surface area contributed by atoms with Gasteiger partial charge in [-0.2, -0.15) is 0 Å². The maximum absolute atomic E-state index is 12.3. The van der Waals surface area contributed by atoms with Crippen molar-refractivity contribution in [3.63, 3.8) is 0 Å². The predicted molar refractivity (Wildman–Crippen MR) is 108 cm³/mol. The first-order valence-electron chi connectivity index (χ1n) is 8.42. The number of thiazole rings is 1. The van der Waals surface area contributed by atoms with Crippen LogP contribution in [0.25, 0.3) is 0 Å². The quantitative estimate of drug-likeness (QED) is 0.495. The van der Waals surface area contributed by atoms with Crippen LogP contribution in [0.15, 0.2) is 50.7 Å². The number of nitrogens with zero attached hydrogens (tertiary/aromatic N) is 1. The Morgan fingerprint density at radius 2 is 2.07 bits per heavy atom. The number of hydrogen-bond donors (Lipinski definition) is 1. The summed E-state index contributed by atoms with van der Waals surface area (Å²) in [6.07, 6.45) is 0.0670. The largest absolute Gasteiger partial charge is 0.484 e. The van der Waals surface area contributed by atoms with Crippen LogP contribution >= 0.6 is 27.3 Å². The van der Waals surface area contributed by atoms with Gasteiger partial charge < -0.3 is 13.9 Å². The second-order valence-corrected chi connectivity index (χ2v) is 7.28. The van der Waals surface area contributed by atoms with Crippen molar-refractivity contribution in [2.75, 3.05) is 11.9 Å². The molecule has 1 N–H and O–H groups in total. The van der Waals surface area contributed by atoms with E-state index in [-0.39, 0.29) is 24.8 Å². The van der Waals surface area contributed by atoms with Crippen molar-refractivity contribution in [3.05, 3.63) is 63.5 Å². The van der Waals surface area contributed by atoms with E-state index in [9.17, 15) is 9.59 Å². The molecule has 1 aromatic carbocycles. The highest BCUT2D eigenvalue weighted by Gasteiger charge is 2.15. The number of nitrogens with one attached hydrogen (secondary N) is 1. The molecule has 0 radical (unpaired) electrons. The van der Waals surface area contributed by atoms with Crippen LogP contribution in [-0.4, -0.2) is 23.5 Å². The van der Waals surface area contributed by atoms with Crippen LogP contribution in [0, 0.1) is 0 Å². The lowest BCUT2D eigenvalue weighted by molar-refractivity contribution is -0.142. The number of anilines is 1. The number of benzene rings is 1. The summed E-state index contributed by atoms with van der Waals surface area (Å²) in [6.45, 7) is 2.25. The molecule has 0 bridgehead atoms. The van der Waals surface area contributed by atoms with Gasteiger partial charge in [-0.05, 0) is 47.1 Å². The molecule has 0 aliphatic heterocycles. The third-order valence-electron chi connectivity index (χ3n) is 3.50. The van der Waals surface area contributed by atoms with Gasteiger partial charge >= 0.3 is 5.97 Å². The van der Waals surface area contributed by atoms with Gasteiger partial charge in [0.25, 0.3) is 5.91 Å². The number of halogens is 1. The zero-order valence-corrected chi connectivity index (χ0v) is 17.3. The summed E-state index contributed by atoms with van der Waals surface area (Å²) in [5.41, 5.74) is 0.542. The van der Waals surface area contributed by atoms with Crippen LogP contribution in [0.3, 0.4) is 0 Å². The van der Waals surface area contributed by atoms with Gasteiger partial charge in [-0.1, -0.05) is 12.1 Å². The smallest absolute Gasteiger partial charge is 0.311 e. The van der Waals surface area contributed by atoms with E-state index in [2.05, 4.69) is 26.2 Å². The monoisotopic (exact) mass is 464 g/mol. The van der Waals surface area contributed by atoms with Crippen molar-refractivity contribution in [1.82, 2.24) is 4.98 Å². The highest BCUT2D eigenvalue weighted by Crippen LogP contribution is 2.25. The number of carbonyl (C=O) groups is 2. The highest BCUT2D eigenvalue weighted by molar-refractivity contribution is 9.10. The topological polar surface area (TPSA) is 90.7 Å². The zero-order chi connectivity index (χ0) is 19.9. The van der Waals surface area contributed by atoms with E-state index in [1.54, 1.807) is 24.4 Å². The molecule has 0 aliphatic rings. The average molecular weight is 465 g/mol. The van der Waals surface area contributed by atoms with Gasteiger partial charge in [-0.25, -0.2) is 4.98 Å². The predicted octanol–water partition coefficient (Wildman–Crippen LogP) is 4.44. The third kappa shape index (κ3) is 5.43. The Bertz CT molecular complexity index is 969. The van der Waals surface area contributed by atoms with E-state index >= 15 is 0 Å². The molecule has 0 spiro atoms. The van der Waals surface area contributed by atoms with Crippen molar-refractivity contribution in [2.24, 2.45) is 0 Å². The molecule has 0 saturated carbocycles. The number of ether oxygens (including phenoxy) is 2. The maximum Gasteiger partial charge on any atom is 0.311 e. The highest BCUT2D eigenvalue weighted by atomic mass is 79.9. The van der Waals surface area contributed by atoms with Gasteiger partial charge in [0.05, 0.1) is 23.2 Å². The van der Waals surface area contributed by atoms with E-state index in [1.807, 2.05) is 24.3 Å². The molecule has 3 aromatic rings. The summed E-state index contributed by atoms with van der Waals surface area (Å²) in [5.74, 6) is 0.563. The number of carbonyl (C=O) groups excluding carboxylic acids is 2. The molecule has 146 valence electrons. The lowest BCUT2D eigenvalue weighted by Crippen LogP contribution is -2.11. The van der Waals surface area contributed by atoms with Crippen molar-refractivity contribution in [3.8, 4) is 5.75 Å². The van der Waals surface area contributed by atoms with Gasteiger partial charge in [-0.15, -0.1) is 11.3 Å². The van der Waals surface area contributed by atoms with Gasteiger partial charge in [0.1, 0.15) is 18.1 Å². The fraction of sp³-hybridized carbons (Fsp3) is 0.211. The molecule has 1 amide bonds. The molecule has 2 aromatic heterocycles. The number of amides is 1. The summed E-state index contributed by atoms with van der Waals surface area (Å²) in [6, 6.07) is 10.7. The molecule has 0 fully saturated rings. The Morgan fingerprint density at radius 3 is 2.86 bits per heavy atom. The van der Waals surface area contributed by atoms with Crippen LogP contribution in [0.2, 0.25) is 0 Å². The molecule has 28 heavy (non-hydrogen) atoms. The van der Waals surface area contributed by atoms with Crippen LogP contribution in [0.1, 0.15) is 28.9 Å². The lowest BCUT2D eigenvalue weighted by Gasteiger charge is -2.05. The molecule has 2 heterocycles.